The number of rotatable bonds is 8. The third-order valence-electron chi connectivity index (χ3n) is 5.74. The van der Waals surface area contributed by atoms with E-state index in [0.717, 1.165) is 35.3 Å². The van der Waals surface area contributed by atoms with Crippen LogP contribution in [0.1, 0.15) is 52.0 Å². The van der Waals surface area contributed by atoms with Crippen molar-refractivity contribution >= 4 is 17.7 Å². The highest BCUT2D eigenvalue weighted by Crippen LogP contribution is 2.42. The van der Waals surface area contributed by atoms with Crippen LogP contribution in [0.4, 0.5) is 0 Å². The third kappa shape index (κ3) is 4.32. The van der Waals surface area contributed by atoms with E-state index in [9.17, 15) is 9.90 Å². The normalized spacial score (nSPS) is 13.4. The Labute approximate surface area is 191 Å². The quantitative estimate of drug-likeness (QED) is 0.352. The van der Waals surface area contributed by atoms with E-state index in [1.165, 1.54) is 11.1 Å². The topological polar surface area (TPSA) is 68.0 Å². The molecule has 0 unspecified atom stereocenters. The molecule has 1 saturated carbocycles. The van der Waals surface area contributed by atoms with Crippen LogP contribution in [0, 0.1) is 0 Å². The van der Waals surface area contributed by atoms with Crippen LogP contribution >= 0.6 is 11.8 Å². The molecule has 1 aromatic heterocycles. The summed E-state index contributed by atoms with van der Waals surface area (Å²) in [4.78, 5) is 11.5. The lowest BCUT2D eigenvalue weighted by molar-refractivity contribution is 0.0697. The molecule has 1 fully saturated rings. The Morgan fingerprint density at radius 1 is 0.938 bits per heavy atom. The van der Waals surface area contributed by atoms with Crippen LogP contribution in [-0.4, -0.2) is 31.6 Å². The first kappa shape index (κ1) is 20.5. The molecule has 0 saturated heterocycles. The number of benzene rings is 3. The Hall–Kier alpha value is -3.38. The van der Waals surface area contributed by atoms with E-state index in [1.54, 1.807) is 30.0 Å². The Bertz CT molecular complexity index is 1180. The molecule has 0 spiro atoms. The molecule has 1 heterocycles. The van der Waals surface area contributed by atoms with Crippen LogP contribution in [0.15, 0.2) is 90.1 Å². The monoisotopic (exact) mass is 441 g/mol. The van der Waals surface area contributed by atoms with Crippen molar-refractivity contribution in [3.8, 4) is 5.69 Å². The van der Waals surface area contributed by atoms with Gasteiger partial charge in [0, 0.05) is 17.6 Å². The summed E-state index contributed by atoms with van der Waals surface area (Å²) in [6.07, 6.45) is 2.19. The summed E-state index contributed by atoms with van der Waals surface area (Å²) in [7, 11) is 0. The molecular weight excluding hydrogens is 418 g/mol. The lowest BCUT2D eigenvalue weighted by atomic mass is 9.93. The molecule has 0 bridgehead atoms. The number of carboxylic acid groups (broad SMARTS) is 1. The lowest BCUT2D eigenvalue weighted by Crippen LogP contribution is -2.07. The fourth-order valence-electron chi connectivity index (χ4n) is 3.91. The van der Waals surface area contributed by atoms with E-state index >= 15 is 0 Å². The number of thioether (sulfide) groups is 1. The van der Waals surface area contributed by atoms with Gasteiger partial charge in [0.25, 0.3) is 0 Å². The summed E-state index contributed by atoms with van der Waals surface area (Å²) in [5, 5.41) is 19.3. The van der Waals surface area contributed by atoms with Gasteiger partial charge in [-0.3, -0.25) is 4.57 Å². The highest BCUT2D eigenvalue weighted by atomic mass is 32.2. The van der Waals surface area contributed by atoms with Crippen molar-refractivity contribution < 1.29 is 9.90 Å². The molecule has 0 amide bonds. The van der Waals surface area contributed by atoms with Crippen LogP contribution in [0.3, 0.4) is 0 Å². The van der Waals surface area contributed by atoms with Gasteiger partial charge in [0.15, 0.2) is 5.16 Å². The maximum absolute atomic E-state index is 11.5. The van der Waals surface area contributed by atoms with Gasteiger partial charge < -0.3 is 5.11 Å². The first-order valence-corrected chi connectivity index (χ1v) is 11.7. The molecule has 5 nitrogen and oxygen atoms in total. The second-order valence-electron chi connectivity index (χ2n) is 7.99. The molecule has 1 N–H and O–H groups in total. The van der Waals surface area contributed by atoms with Gasteiger partial charge in [-0.15, -0.1) is 10.2 Å². The first-order chi connectivity index (χ1) is 15.7. The fraction of sp³-hybridized carbons (Fsp3) is 0.192. The third-order valence-corrected chi connectivity index (χ3v) is 6.76. The van der Waals surface area contributed by atoms with Gasteiger partial charge in [0.05, 0.1) is 11.3 Å². The summed E-state index contributed by atoms with van der Waals surface area (Å²) < 4.78 is 2.04. The van der Waals surface area contributed by atoms with Gasteiger partial charge in [-0.05, 0) is 42.2 Å². The molecule has 1 aliphatic rings. The summed E-state index contributed by atoms with van der Waals surface area (Å²) >= 11 is 1.66. The van der Waals surface area contributed by atoms with E-state index < -0.39 is 5.97 Å². The Balaban J connectivity index is 1.49. The Morgan fingerprint density at radius 3 is 2.19 bits per heavy atom. The maximum atomic E-state index is 11.5. The van der Waals surface area contributed by atoms with E-state index in [-0.39, 0.29) is 11.5 Å². The molecule has 0 radical (unpaired) electrons. The molecule has 5 rings (SSSR count). The summed E-state index contributed by atoms with van der Waals surface area (Å²) in [5.74, 6) is 1.39. The van der Waals surface area contributed by atoms with Crippen LogP contribution in [-0.2, 0) is 0 Å². The van der Waals surface area contributed by atoms with Crippen LogP contribution in [0.25, 0.3) is 5.69 Å². The average molecular weight is 442 g/mol. The minimum Gasteiger partial charge on any atom is -0.478 e. The van der Waals surface area contributed by atoms with Crippen molar-refractivity contribution in [2.45, 2.75) is 29.8 Å². The predicted molar refractivity (Wildman–Crippen MR) is 126 cm³/mol. The highest BCUT2D eigenvalue weighted by Gasteiger charge is 2.31. The number of hydrogen-bond donors (Lipinski definition) is 1. The average Bonchev–Trinajstić information content (AvgIpc) is 3.60. The molecule has 3 aromatic carbocycles. The van der Waals surface area contributed by atoms with Crippen molar-refractivity contribution in [1.82, 2.24) is 14.8 Å². The van der Waals surface area contributed by atoms with Crippen molar-refractivity contribution in [2.75, 3.05) is 5.75 Å². The van der Waals surface area contributed by atoms with Gasteiger partial charge in [-0.2, -0.15) is 0 Å². The number of carboxylic acids is 1. The fourth-order valence-corrected chi connectivity index (χ4v) is 5.04. The zero-order chi connectivity index (χ0) is 21.9. The maximum Gasteiger partial charge on any atom is 0.335 e. The predicted octanol–water partition coefficient (Wildman–Crippen LogP) is 5.77. The standard InChI is InChI=1S/C26H23N3O2S/c30-25(31)21-12-7-13-22(16-21)29-24(20-14-15-20)27-28-26(29)32-17-23(18-8-3-1-4-9-18)19-10-5-2-6-11-19/h1-13,16,20,23H,14-15,17H2,(H,30,31). The number of hydrogen-bond acceptors (Lipinski definition) is 4. The van der Waals surface area contributed by atoms with Crippen molar-refractivity contribution in [3.05, 3.63) is 107 Å². The minimum absolute atomic E-state index is 0.210. The van der Waals surface area contributed by atoms with E-state index in [4.69, 9.17) is 0 Å². The SMILES string of the molecule is O=C(O)c1cccc(-n2c(SCC(c3ccccc3)c3ccccc3)nnc2C2CC2)c1. The molecular formula is C26H23N3O2S. The molecule has 160 valence electrons. The molecule has 1 aliphatic carbocycles. The molecule has 4 aromatic rings. The molecule has 6 heteroatoms. The second-order valence-corrected chi connectivity index (χ2v) is 8.98. The van der Waals surface area contributed by atoms with E-state index in [2.05, 4.69) is 58.7 Å². The molecule has 0 atom stereocenters. The van der Waals surface area contributed by atoms with Crippen molar-refractivity contribution in [1.29, 1.82) is 0 Å². The summed E-state index contributed by atoms with van der Waals surface area (Å²) in [6.45, 7) is 0. The number of nitrogens with zero attached hydrogens (tertiary/aromatic N) is 3. The zero-order valence-corrected chi connectivity index (χ0v) is 18.3. The van der Waals surface area contributed by atoms with Gasteiger partial charge >= 0.3 is 5.97 Å². The smallest absolute Gasteiger partial charge is 0.335 e. The number of aromatic nitrogens is 3. The second kappa shape index (κ2) is 9.01. The van der Waals surface area contributed by atoms with Crippen molar-refractivity contribution in [3.63, 3.8) is 0 Å². The highest BCUT2D eigenvalue weighted by molar-refractivity contribution is 7.99. The lowest BCUT2D eigenvalue weighted by Gasteiger charge is -2.18. The first-order valence-electron chi connectivity index (χ1n) is 10.7. The van der Waals surface area contributed by atoms with E-state index in [1.807, 2.05) is 22.8 Å². The van der Waals surface area contributed by atoms with E-state index in [0.29, 0.717) is 5.92 Å². The Kier molecular flexibility index (Phi) is 5.77. The van der Waals surface area contributed by atoms with Gasteiger partial charge in [-0.25, -0.2) is 4.79 Å². The van der Waals surface area contributed by atoms with Crippen LogP contribution in [0.5, 0.6) is 0 Å². The van der Waals surface area contributed by atoms with Gasteiger partial charge in [-0.1, -0.05) is 78.5 Å². The summed E-state index contributed by atoms with van der Waals surface area (Å²) in [6, 6.07) is 28.0. The Morgan fingerprint density at radius 2 is 1.59 bits per heavy atom. The van der Waals surface area contributed by atoms with Gasteiger partial charge in [0.1, 0.15) is 5.82 Å². The van der Waals surface area contributed by atoms with Crippen LogP contribution in [0.2, 0.25) is 0 Å². The summed E-state index contributed by atoms with van der Waals surface area (Å²) in [5.41, 5.74) is 3.58. The number of carbonyl (C=O) groups is 1. The zero-order valence-electron chi connectivity index (χ0n) is 17.5. The van der Waals surface area contributed by atoms with Gasteiger partial charge in [0.2, 0.25) is 0 Å². The molecule has 32 heavy (non-hydrogen) atoms. The number of aromatic carboxylic acids is 1. The minimum atomic E-state index is -0.935. The molecule has 0 aliphatic heterocycles. The van der Waals surface area contributed by atoms with Crippen LogP contribution < -0.4 is 0 Å². The van der Waals surface area contributed by atoms with Crippen molar-refractivity contribution in [2.24, 2.45) is 0 Å². The largest absolute Gasteiger partial charge is 0.478 e.